The SMILES string of the molecule is N#Cc1cccc(-c2cc(NC3CCN(C(=O)Cc4cccnc4)CC3)c3cnccc3c2)c1. The number of anilines is 1. The van der Waals surface area contributed by atoms with E-state index in [9.17, 15) is 10.1 Å². The van der Waals surface area contributed by atoms with Gasteiger partial charge in [-0.3, -0.25) is 14.8 Å². The minimum Gasteiger partial charge on any atom is -0.382 e. The molecule has 0 spiro atoms. The monoisotopic (exact) mass is 447 g/mol. The summed E-state index contributed by atoms with van der Waals surface area (Å²) in [7, 11) is 0. The molecular formula is C28H25N5O. The number of hydrogen-bond donors (Lipinski definition) is 1. The Kier molecular flexibility index (Phi) is 6.17. The molecule has 34 heavy (non-hydrogen) atoms. The highest BCUT2D eigenvalue weighted by Gasteiger charge is 2.23. The van der Waals surface area contributed by atoms with Gasteiger partial charge in [-0.15, -0.1) is 0 Å². The van der Waals surface area contributed by atoms with Crippen molar-refractivity contribution in [3.05, 3.63) is 90.5 Å². The Balaban J connectivity index is 1.32. The van der Waals surface area contributed by atoms with Gasteiger partial charge in [-0.1, -0.05) is 18.2 Å². The molecular weight excluding hydrogens is 422 g/mol. The van der Waals surface area contributed by atoms with Crippen molar-refractivity contribution in [2.24, 2.45) is 0 Å². The topological polar surface area (TPSA) is 81.9 Å². The lowest BCUT2D eigenvalue weighted by molar-refractivity contribution is -0.131. The second-order valence-corrected chi connectivity index (χ2v) is 8.65. The number of hydrogen-bond acceptors (Lipinski definition) is 5. The Morgan fingerprint density at radius 2 is 1.85 bits per heavy atom. The quantitative estimate of drug-likeness (QED) is 0.475. The van der Waals surface area contributed by atoms with Gasteiger partial charge >= 0.3 is 0 Å². The van der Waals surface area contributed by atoms with Crippen LogP contribution in [0.2, 0.25) is 0 Å². The van der Waals surface area contributed by atoms with Crippen LogP contribution in [-0.2, 0) is 11.2 Å². The first-order valence-electron chi connectivity index (χ1n) is 11.5. The van der Waals surface area contributed by atoms with Crippen LogP contribution >= 0.6 is 0 Å². The number of piperidine rings is 1. The van der Waals surface area contributed by atoms with Crippen molar-refractivity contribution in [3.8, 4) is 17.2 Å². The zero-order chi connectivity index (χ0) is 23.3. The molecule has 1 amide bonds. The normalized spacial score (nSPS) is 14.0. The van der Waals surface area contributed by atoms with E-state index in [4.69, 9.17) is 0 Å². The van der Waals surface area contributed by atoms with E-state index in [1.165, 1.54) is 0 Å². The molecule has 1 saturated heterocycles. The van der Waals surface area contributed by atoms with Gasteiger partial charge in [0.05, 0.1) is 18.1 Å². The largest absolute Gasteiger partial charge is 0.382 e. The standard InChI is InChI=1S/C28H25N5O/c29-17-20-3-1-5-22(13-20)24-15-23-6-10-31-19-26(23)27(16-24)32-25-7-11-33(12-8-25)28(34)14-21-4-2-9-30-18-21/h1-6,9-10,13,15-16,18-19,25,32H,7-8,11-12,14H2. The van der Waals surface area contributed by atoms with E-state index in [1.807, 2.05) is 53.6 Å². The Hall–Kier alpha value is -4.24. The molecule has 2 aromatic carbocycles. The number of likely N-dealkylation sites (tertiary alicyclic amines) is 1. The van der Waals surface area contributed by atoms with Crippen LogP contribution in [0.15, 0.2) is 79.4 Å². The van der Waals surface area contributed by atoms with Crippen LogP contribution in [0.25, 0.3) is 21.9 Å². The van der Waals surface area contributed by atoms with E-state index in [-0.39, 0.29) is 11.9 Å². The third-order valence-electron chi connectivity index (χ3n) is 6.37. The summed E-state index contributed by atoms with van der Waals surface area (Å²) in [5.41, 5.74) is 4.69. The lowest BCUT2D eigenvalue weighted by Crippen LogP contribution is -2.43. The van der Waals surface area contributed by atoms with Crippen LogP contribution in [-0.4, -0.2) is 39.9 Å². The summed E-state index contributed by atoms with van der Waals surface area (Å²) in [6, 6.07) is 20.3. The molecule has 0 aliphatic carbocycles. The average molecular weight is 448 g/mol. The summed E-state index contributed by atoms with van der Waals surface area (Å²) in [6.45, 7) is 1.47. The lowest BCUT2D eigenvalue weighted by atomic mass is 9.98. The van der Waals surface area contributed by atoms with Gasteiger partial charge in [-0.2, -0.15) is 5.26 Å². The highest BCUT2D eigenvalue weighted by Crippen LogP contribution is 2.32. The summed E-state index contributed by atoms with van der Waals surface area (Å²) >= 11 is 0. The number of rotatable bonds is 5. The molecule has 1 aliphatic rings. The maximum atomic E-state index is 12.7. The number of benzene rings is 2. The predicted molar refractivity (Wildman–Crippen MR) is 133 cm³/mol. The van der Waals surface area contributed by atoms with Crippen molar-refractivity contribution in [2.75, 3.05) is 18.4 Å². The fourth-order valence-corrected chi connectivity index (χ4v) is 4.54. The highest BCUT2D eigenvalue weighted by molar-refractivity contribution is 5.97. The van der Waals surface area contributed by atoms with Crippen LogP contribution in [0.5, 0.6) is 0 Å². The number of carbonyl (C=O) groups is 1. The van der Waals surface area contributed by atoms with Crippen LogP contribution in [0.3, 0.4) is 0 Å². The van der Waals surface area contributed by atoms with E-state index in [1.54, 1.807) is 18.6 Å². The number of nitrogens with zero attached hydrogens (tertiary/aromatic N) is 4. The fraction of sp³-hybridized carbons (Fsp3) is 0.214. The van der Waals surface area contributed by atoms with Crippen molar-refractivity contribution in [2.45, 2.75) is 25.3 Å². The Morgan fingerprint density at radius 1 is 1.00 bits per heavy atom. The van der Waals surface area contributed by atoms with Crippen molar-refractivity contribution in [3.63, 3.8) is 0 Å². The van der Waals surface area contributed by atoms with E-state index in [2.05, 4.69) is 33.5 Å². The Labute approximate surface area is 198 Å². The minimum absolute atomic E-state index is 0.153. The smallest absolute Gasteiger partial charge is 0.227 e. The van der Waals surface area contributed by atoms with Crippen molar-refractivity contribution < 1.29 is 4.79 Å². The maximum Gasteiger partial charge on any atom is 0.227 e. The second-order valence-electron chi connectivity index (χ2n) is 8.65. The first kappa shape index (κ1) is 21.6. The van der Waals surface area contributed by atoms with E-state index in [0.29, 0.717) is 12.0 Å². The lowest BCUT2D eigenvalue weighted by Gasteiger charge is -2.33. The van der Waals surface area contributed by atoms with Gasteiger partial charge in [0, 0.05) is 55.0 Å². The Morgan fingerprint density at radius 3 is 2.65 bits per heavy atom. The van der Waals surface area contributed by atoms with Gasteiger partial charge in [0.25, 0.3) is 0 Å². The molecule has 1 fully saturated rings. The molecule has 4 aromatic rings. The molecule has 0 unspecified atom stereocenters. The molecule has 6 nitrogen and oxygen atoms in total. The summed E-state index contributed by atoms with van der Waals surface area (Å²) < 4.78 is 0. The number of nitrogens with one attached hydrogen (secondary N) is 1. The van der Waals surface area contributed by atoms with Crippen molar-refractivity contribution >= 4 is 22.4 Å². The number of aromatic nitrogens is 2. The summed E-state index contributed by atoms with van der Waals surface area (Å²) in [4.78, 5) is 23.1. The van der Waals surface area contributed by atoms with Gasteiger partial charge in [0.1, 0.15) is 0 Å². The molecule has 168 valence electrons. The molecule has 5 rings (SSSR count). The molecule has 2 aromatic heterocycles. The Bertz CT molecular complexity index is 1350. The maximum absolute atomic E-state index is 12.7. The van der Waals surface area contributed by atoms with Crippen LogP contribution < -0.4 is 5.32 Å². The zero-order valence-corrected chi connectivity index (χ0v) is 18.8. The summed E-state index contributed by atoms with van der Waals surface area (Å²) in [6.07, 6.45) is 9.33. The first-order valence-corrected chi connectivity index (χ1v) is 11.5. The van der Waals surface area contributed by atoms with Gasteiger partial charge in [0.2, 0.25) is 5.91 Å². The third-order valence-corrected chi connectivity index (χ3v) is 6.37. The second kappa shape index (κ2) is 9.72. The number of amides is 1. The van der Waals surface area contributed by atoms with Crippen molar-refractivity contribution in [1.29, 1.82) is 5.26 Å². The van der Waals surface area contributed by atoms with Crippen molar-refractivity contribution in [1.82, 2.24) is 14.9 Å². The molecule has 0 saturated carbocycles. The molecule has 0 radical (unpaired) electrons. The van der Waals surface area contributed by atoms with Crippen LogP contribution in [0.4, 0.5) is 5.69 Å². The molecule has 0 atom stereocenters. The first-order chi connectivity index (χ1) is 16.7. The molecule has 1 aliphatic heterocycles. The third kappa shape index (κ3) is 4.74. The minimum atomic E-state index is 0.153. The molecule has 0 bridgehead atoms. The van der Waals surface area contributed by atoms with E-state index >= 15 is 0 Å². The molecule has 3 heterocycles. The highest BCUT2D eigenvalue weighted by atomic mass is 16.2. The van der Waals surface area contributed by atoms with Crippen LogP contribution in [0, 0.1) is 11.3 Å². The van der Waals surface area contributed by atoms with E-state index < -0.39 is 0 Å². The molecule has 1 N–H and O–H groups in total. The average Bonchev–Trinajstić information content (AvgIpc) is 2.89. The summed E-state index contributed by atoms with van der Waals surface area (Å²) in [5, 5.41) is 15.2. The number of fused-ring (bicyclic) bond motifs is 1. The number of nitriles is 1. The number of carbonyl (C=O) groups excluding carboxylic acids is 1. The van der Waals surface area contributed by atoms with Gasteiger partial charge in [0.15, 0.2) is 0 Å². The molecule has 6 heteroatoms. The van der Waals surface area contributed by atoms with Gasteiger partial charge in [-0.25, -0.2) is 0 Å². The van der Waals surface area contributed by atoms with E-state index in [0.717, 1.165) is 59.1 Å². The van der Waals surface area contributed by atoms with Gasteiger partial charge in [-0.05, 0) is 71.3 Å². The number of pyridine rings is 2. The predicted octanol–water partition coefficient (Wildman–Crippen LogP) is 4.81. The van der Waals surface area contributed by atoms with Gasteiger partial charge < -0.3 is 10.2 Å². The fourth-order valence-electron chi connectivity index (χ4n) is 4.54. The summed E-state index contributed by atoms with van der Waals surface area (Å²) in [5.74, 6) is 0.153. The zero-order valence-electron chi connectivity index (χ0n) is 18.8. The van der Waals surface area contributed by atoms with Crippen LogP contribution in [0.1, 0.15) is 24.0 Å².